The van der Waals surface area contributed by atoms with Gasteiger partial charge in [-0.25, -0.2) is 19.9 Å². The van der Waals surface area contributed by atoms with Crippen LogP contribution in [-0.4, -0.2) is 19.9 Å². The second-order valence-electron chi connectivity index (χ2n) is 16.9. The maximum Gasteiger partial charge on any atom is 0.162 e. The van der Waals surface area contributed by atoms with Crippen molar-refractivity contribution in [2.75, 3.05) is 0 Å². The van der Waals surface area contributed by atoms with E-state index in [4.69, 9.17) is 19.9 Å². The molecule has 0 aliphatic carbocycles. The number of benzene rings is 9. The lowest BCUT2D eigenvalue weighted by molar-refractivity contribution is 1.24. The van der Waals surface area contributed by atoms with Gasteiger partial charge in [0.05, 0.1) is 11.4 Å². The first-order chi connectivity index (χ1) is 33.7. The largest absolute Gasteiger partial charge is 0.227 e. The number of thiophene rings is 2. The fourth-order valence-corrected chi connectivity index (χ4v) is 11.8. The van der Waals surface area contributed by atoms with Gasteiger partial charge >= 0.3 is 0 Å². The topological polar surface area (TPSA) is 51.6 Å². The normalized spacial score (nSPS) is 11.5. The maximum absolute atomic E-state index is 5.55. The molecular formula is C62H38N4S2. The molecule has 0 bridgehead atoms. The summed E-state index contributed by atoms with van der Waals surface area (Å²) in [5, 5.41) is 4.46. The minimum Gasteiger partial charge on any atom is -0.227 e. The van der Waals surface area contributed by atoms with E-state index in [1.807, 2.05) is 0 Å². The molecule has 6 heteroatoms. The number of aromatic nitrogens is 4. The van der Waals surface area contributed by atoms with Crippen molar-refractivity contribution in [3.63, 3.8) is 0 Å². The van der Waals surface area contributed by atoms with Crippen LogP contribution in [0.1, 0.15) is 0 Å². The number of rotatable bonds is 8. The molecule has 0 aliphatic rings. The molecule has 4 aromatic heterocycles. The van der Waals surface area contributed by atoms with Crippen LogP contribution in [0.15, 0.2) is 231 Å². The molecule has 0 atom stereocenters. The Balaban J connectivity index is 0.996. The number of hydrogen-bond donors (Lipinski definition) is 0. The van der Waals surface area contributed by atoms with Crippen LogP contribution in [-0.2, 0) is 0 Å². The highest BCUT2D eigenvalue weighted by atomic mass is 32.1. The summed E-state index contributed by atoms with van der Waals surface area (Å²) in [5.41, 5.74) is 14.8. The summed E-state index contributed by atoms with van der Waals surface area (Å²) in [6, 6.07) is 81.5. The predicted octanol–water partition coefficient (Wildman–Crippen LogP) is 17.3. The molecule has 0 N–H and O–H groups in total. The summed E-state index contributed by atoms with van der Waals surface area (Å²) in [4.78, 5) is 23.7. The van der Waals surface area contributed by atoms with Crippen molar-refractivity contribution in [1.29, 1.82) is 0 Å². The number of hydrogen-bond acceptors (Lipinski definition) is 6. The molecule has 0 saturated carbocycles. The molecule has 0 fully saturated rings. The lowest BCUT2D eigenvalue weighted by Gasteiger charge is -2.17. The molecule has 318 valence electrons. The Bertz CT molecular complexity index is 4040. The van der Waals surface area contributed by atoms with E-state index in [-0.39, 0.29) is 0 Å². The van der Waals surface area contributed by atoms with Gasteiger partial charge in [0.25, 0.3) is 0 Å². The van der Waals surface area contributed by atoms with Crippen LogP contribution in [0.25, 0.3) is 130 Å². The third-order valence-electron chi connectivity index (χ3n) is 12.8. The Kier molecular flexibility index (Phi) is 9.85. The summed E-state index contributed by atoms with van der Waals surface area (Å²) in [7, 11) is 0. The summed E-state index contributed by atoms with van der Waals surface area (Å²) in [5.74, 6) is 1.39. The number of fused-ring (bicyclic) bond motifs is 6. The molecular weight excluding hydrogens is 865 g/mol. The van der Waals surface area contributed by atoms with Crippen LogP contribution in [0.3, 0.4) is 0 Å². The van der Waals surface area contributed by atoms with E-state index in [0.717, 1.165) is 98.4 Å². The second-order valence-corrected chi connectivity index (χ2v) is 18.9. The highest BCUT2D eigenvalue weighted by Crippen LogP contribution is 2.46. The standard InChI is InChI=1S/C62H38N4S2/c1-3-19-39(20-4-1)41-23-17-25-43(37-41)57-55-51-33-13-15-35-53(51)67-61(55)66-60(63-57)50-32-12-10-30-48(50)46-28-8-7-27-45(46)47-29-9-11-31-49(47)58-56-52-34-14-16-36-54(52)68-62(56)65-59(64-58)44-26-18-24-42(38-44)40-21-5-2-6-22-40/h1-38H. The van der Waals surface area contributed by atoms with E-state index in [1.165, 1.54) is 20.3 Å². The van der Waals surface area contributed by atoms with Crippen LogP contribution >= 0.6 is 22.7 Å². The van der Waals surface area contributed by atoms with E-state index >= 15 is 0 Å². The van der Waals surface area contributed by atoms with E-state index in [1.54, 1.807) is 22.7 Å². The predicted molar refractivity (Wildman–Crippen MR) is 287 cm³/mol. The second kappa shape index (κ2) is 16.8. The van der Waals surface area contributed by atoms with Gasteiger partial charge in [-0.1, -0.05) is 206 Å². The van der Waals surface area contributed by atoms with Crippen molar-refractivity contribution >= 4 is 63.3 Å². The van der Waals surface area contributed by atoms with E-state index in [0.29, 0.717) is 11.6 Å². The van der Waals surface area contributed by atoms with Gasteiger partial charge in [0, 0.05) is 53.2 Å². The summed E-state index contributed by atoms with van der Waals surface area (Å²) >= 11 is 3.44. The minimum atomic E-state index is 0.687. The molecule has 13 rings (SSSR count). The fourth-order valence-electron chi connectivity index (χ4n) is 9.63. The molecule has 0 radical (unpaired) electrons. The van der Waals surface area contributed by atoms with Gasteiger partial charge < -0.3 is 0 Å². The molecule has 0 saturated heterocycles. The first-order valence-electron chi connectivity index (χ1n) is 22.7. The summed E-state index contributed by atoms with van der Waals surface area (Å²) < 4.78 is 2.37. The zero-order valence-electron chi connectivity index (χ0n) is 36.5. The van der Waals surface area contributed by atoms with Crippen LogP contribution in [0.4, 0.5) is 0 Å². The Hall–Kier alpha value is -8.42. The Morgan fingerprint density at radius 3 is 1.22 bits per heavy atom. The molecule has 13 aromatic rings. The van der Waals surface area contributed by atoms with Crippen molar-refractivity contribution in [2.45, 2.75) is 0 Å². The van der Waals surface area contributed by atoms with Crippen LogP contribution in [0, 0.1) is 0 Å². The van der Waals surface area contributed by atoms with Crippen LogP contribution in [0.2, 0.25) is 0 Å². The molecule has 0 spiro atoms. The first-order valence-corrected chi connectivity index (χ1v) is 24.3. The van der Waals surface area contributed by atoms with Gasteiger partial charge in [-0.3, -0.25) is 0 Å². The zero-order valence-corrected chi connectivity index (χ0v) is 38.2. The monoisotopic (exact) mass is 902 g/mol. The lowest BCUT2D eigenvalue weighted by Crippen LogP contribution is -1.98. The van der Waals surface area contributed by atoms with Gasteiger partial charge in [-0.15, -0.1) is 22.7 Å². The average Bonchev–Trinajstić information content (AvgIpc) is 3.99. The Labute approximate surface area is 401 Å². The van der Waals surface area contributed by atoms with Gasteiger partial charge in [-0.2, -0.15) is 0 Å². The fraction of sp³-hybridized carbons (Fsp3) is 0. The van der Waals surface area contributed by atoms with Gasteiger partial charge in [0.15, 0.2) is 11.6 Å². The molecule has 68 heavy (non-hydrogen) atoms. The molecule has 0 amide bonds. The molecule has 0 aliphatic heterocycles. The Morgan fingerprint density at radius 1 is 0.250 bits per heavy atom. The van der Waals surface area contributed by atoms with Crippen molar-refractivity contribution in [3.8, 4) is 89.8 Å². The lowest BCUT2D eigenvalue weighted by atomic mass is 9.88. The zero-order chi connectivity index (χ0) is 45.0. The van der Waals surface area contributed by atoms with Gasteiger partial charge in [0.1, 0.15) is 9.66 Å². The molecule has 4 heterocycles. The molecule has 0 unspecified atom stereocenters. The average molecular weight is 903 g/mol. The number of nitrogens with zero attached hydrogens (tertiary/aromatic N) is 4. The van der Waals surface area contributed by atoms with Crippen molar-refractivity contribution in [1.82, 2.24) is 19.9 Å². The quantitative estimate of drug-likeness (QED) is 0.152. The highest BCUT2D eigenvalue weighted by molar-refractivity contribution is 7.26. The highest BCUT2D eigenvalue weighted by Gasteiger charge is 2.23. The molecule has 4 nitrogen and oxygen atoms in total. The smallest absolute Gasteiger partial charge is 0.162 e. The van der Waals surface area contributed by atoms with Gasteiger partial charge in [0.2, 0.25) is 0 Å². The first kappa shape index (κ1) is 39.9. The maximum atomic E-state index is 5.55. The summed E-state index contributed by atoms with van der Waals surface area (Å²) in [6.07, 6.45) is 0. The Morgan fingerprint density at radius 2 is 0.632 bits per heavy atom. The van der Waals surface area contributed by atoms with Crippen molar-refractivity contribution in [2.24, 2.45) is 0 Å². The van der Waals surface area contributed by atoms with E-state index < -0.39 is 0 Å². The SMILES string of the molecule is c1ccc(-c2cccc(-c3nc(-c4ccccc4-c4ccccc4-c4ccccc4-c4nc(-c5cccc(-c6ccccc6)c5)c5c(n4)sc4ccccc45)c4c(n3)sc3ccccc34)c2)cc1. The molecule has 9 aromatic carbocycles. The van der Waals surface area contributed by atoms with Gasteiger partial charge in [-0.05, 0) is 68.8 Å². The van der Waals surface area contributed by atoms with Crippen LogP contribution < -0.4 is 0 Å². The van der Waals surface area contributed by atoms with Crippen molar-refractivity contribution in [3.05, 3.63) is 231 Å². The third-order valence-corrected chi connectivity index (χ3v) is 14.9. The van der Waals surface area contributed by atoms with Crippen molar-refractivity contribution < 1.29 is 0 Å². The van der Waals surface area contributed by atoms with E-state index in [9.17, 15) is 0 Å². The summed E-state index contributed by atoms with van der Waals surface area (Å²) in [6.45, 7) is 0. The van der Waals surface area contributed by atoms with E-state index in [2.05, 4.69) is 231 Å². The van der Waals surface area contributed by atoms with Crippen LogP contribution in [0.5, 0.6) is 0 Å². The third kappa shape index (κ3) is 6.97. The minimum absolute atomic E-state index is 0.687.